The number of nitrogens with zero attached hydrogens (tertiary/aromatic N) is 1. The zero-order valence-electron chi connectivity index (χ0n) is 9.34. The van der Waals surface area contributed by atoms with Crippen LogP contribution in [0.15, 0.2) is 18.2 Å². The summed E-state index contributed by atoms with van der Waals surface area (Å²) in [6, 6.07) is 5.42. The van der Waals surface area contributed by atoms with Crippen molar-refractivity contribution in [2.45, 2.75) is 19.4 Å². The molecule has 0 unspecified atom stereocenters. The van der Waals surface area contributed by atoms with Crippen molar-refractivity contribution in [3.05, 3.63) is 29.0 Å². The van der Waals surface area contributed by atoms with Gasteiger partial charge in [0.05, 0.1) is 5.02 Å². The van der Waals surface area contributed by atoms with Crippen LogP contribution in [0.5, 0.6) is 0 Å². The number of hydrogen-bond acceptors (Lipinski definition) is 2. The smallest absolute Gasteiger partial charge is 0.141 e. The summed E-state index contributed by atoms with van der Waals surface area (Å²) in [5, 5.41) is 3.56. The van der Waals surface area contributed by atoms with Gasteiger partial charge in [-0.25, -0.2) is 4.39 Å². The molecule has 1 aliphatic heterocycles. The molecule has 0 spiro atoms. The predicted octanol–water partition coefficient (Wildman–Crippen LogP) is 2.67. The van der Waals surface area contributed by atoms with Crippen molar-refractivity contribution < 1.29 is 4.39 Å². The number of anilines is 1. The fourth-order valence-corrected chi connectivity index (χ4v) is 2.30. The summed E-state index contributed by atoms with van der Waals surface area (Å²) in [5.41, 5.74) is 1.01. The van der Waals surface area contributed by atoms with Crippen molar-refractivity contribution in [1.29, 1.82) is 0 Å². The molecule has 1 aromatic carbocycles. The van der Waals surface area contributed by atoms with E-state index in [-0.39, 0.29) is 10.8 Å². The van der Waals surface area contributed by atoms with Crippen LogP contribution in [0.25, 0.3) is 0 Å². The second-order valence-corrected chi connectivity index (χ2v) is 4.47. The molecular weight excluding hydrogens is 227 g/mol. The molecule has 16 heavy (non-hydrogen) atoms. The maximum Gasteiger partial charge on any atom is 0.141 e. The summed E-state index contributed by atoms with van der Waals surface area (Å²) in [4.78, 5) is 2.29. The van der Waals surface area contributed by atoms with Gasteiger partial charge < -0.3 is 10.2 Å². The maximum atomic E-state index is 13.1. The van der Waals surface area contributed by atoms with Crippen LogP contribution < -0.4 is 10.2 Å². The molecule has 0 amide bonds. The van der Waals surface area contributed by atoms with Gasteiger partial charge in [-0.05, 0) is 24.6 Å². The van der Waals surface area contributed by atoms with Crippen molar-refractivity contribution in [2.24, 2.45) is 0 Å². The van der Waals surface area contributed by atoms with Gasteiger partial charge in [0.2, 0.25) is 0 Å². The van der Waals surface area contributed by atoms with E-state index in [4.69, 9.17) is 11.6 Å². The van der Waals surface area contributed by atoms with E-state index < -0.39 is 0 Å². The van der Waals surface area contributed by atoms with E-state index in [1.807, 2.05) is 0 Å². The first-order valence-corrected chi connectivity index (χ1v) is 6.02. The molecule has 0 saturated carbocycles. The van der Waals surface area contributed by atoms with Gasteiger partial charge in [0.1, 0.15) is 5.82 Å². The highest BCUT2D eigenvalue weighted by molar-refractivity contribution is 6.31. The summed E-state index contributed by atoms with van der Waals surface area (Å²) in [7, 11) is 0. The van der Waals surface area contributed by atoms with Gasteiger partial charge in [0.15, 0.2) is 0 Å². The molecule has 1 N–H and O–H groups in total. The average molecular weight is 243 g/mol. The van der Waals surface area contributed by atoms with Crippen LogP contribution in [-0.4, -0.2) is 25.7 Å². The molecule has 1 heterocycles. The molecule has 2 nitrogen and oxygen atoms in total. The molecule has 0 bridgehead atoms. The minimum Gasteiger partial charge on any atom is -0.366 e. The summed E-state index contributed by atoms with van der Waals surface area (Å²) < 4.78 is 13.1. The fourth-order valence-electron chi connectivity index (χ4n) is 2.13. The normalized spacial score (nSPS) is 21.2. The Hall–Kier alpha value is -0.800. The average Bonchev–Trinajstić information content (AvgIpc) is 2.32. The Labute approximate surface area is 100 Å². The van der Waals surface area contributed by atoms with Crippen LogP contribution in [-0.2, 0) is 0 Å². The van der Waals surface area contributed by atoms with E-state index in [1.165, 1.54) is 6.07 Å². The van der Waals surface area contributed by atoms with Crippen LogP contribution in [0.3, 0.4) is 0 Å². The maximum absolute atomic E-state index is 13.1. The second kappa shape index (κ2) is 5.02. The largest absolute Gasteiger partial charge is 0.366 e. The molecule has 0 aromatic heterocycles. The Morgan fingerprint density at radius 2 is 2.38 bits per heavy atom. The molecule has 1 aromatic rings. The zero-order chi connectivity index (χ0) is 11.5. The van der Waals surface area contributed by atoms with Crippen LogP contribution in [0, 0.1) is 5.82 Å². The summed E-state index contributed by atoms with van der Waals surface area (Å²) in [6.07, 6.45) is 1.07. The van der Waals surface area contributed by atoms with Crippen LogP contribution >= 0.6 is 11.6 Å². The van der Waals surface area contributed by atoms with Gasteiger partial charge in [-0.15, -0.1) is 0 Å². The number of rotatable bonds is 2. The van der Waals surface area contributed by atoms with Gasteiger partial charge in [0.25, 0.3) is 0 Å². The van der Waals surface area contributed by atoms with Gasteiger partial charge in [-0.1, -0.05) is 18.5 Å². The minimum atomic E-state index is -0.353. The SMILES string of the molecule is CC[C@@H]1CNCCN1c1ccc(F)c(Cl)c1. The third-order valence-corrected chi connectivity index (χ3v) is 3.35. The quantitative estimate of drug-likeness (QED) is 0.858. The molecule has 1 atom stereocenters. The topological polar surface area (TPSA) is 15.3 Å². The number of halogens is 2. The van der Waals surface area contributed by atoms with Gasteiger partial charge in [-0.2, -0.15) is 0 Å². The van der Waals surface area contributed by atoms with Crippen molar-refractivity contribution in [3.8, 4) is 0 Å². The number of piperazine rings is 1. The van der Waals surface area contributed by atoms with Crippen molar-refractivity contribution >= 4 is 17.3 Å². The molecule has 1 saturated heterocycles. The van der Waals surface area contributed by atoms with E-state index in [0.29, 0.717) is 6.04 Å². The highest BCUT2D eigenvalue weighted by Crippen LogP contribution is 2.25. The standard InChI is InChI=1S/C12H16ClFN2/c1-2-9-8-15-5-6-16(9)10-3-4-12(14)11(13)7-10/h3-4,7,9,15H,2,5-6,8H2,1H3/t9-/m1/s1. The fraction of sp³-hybridized carbons (Fsp3) is 0.500. The van der Waals surface area contributed by atoms with Gasteiger partial charge >= 0.3 is 0 Å². The first-order chi connectivity index (χ1) is 7.72. The molecule has 88 valence electrons. The molecule has 2 rings (SSSR count). The lowest BCUT2D eigenvalue weighted by molar-refractivity contribution is 0.466. The Morgan fingerprint density at radius 3 is 3.06 bits per heavy atom. The molecule has 0 aliphatic carbocycles. The first kappa shape index (κ1) is 11.7. The Kier molecular flexibility index (Phi) is 3.66. The van der Waals surface area contributed by atoms with E-state index in [0.717, 1.165) is 31.7 Å². The van der Waals surface area contributed by atoms with E-state index in [1.54, 1.807) is 12.1 Å². The van der Waals surface area contributed by atoms with Gasteiger partial charge in [0, 0.05) is 31.4 Å². The van der Waals surface area contributed by atoms with Crippen LogP contribution in [0.2, 0.25) is 5.02 Å². The zero-order valence-corrected chi connectivity index (χ0v) is 10.1. The van der Waals surface area contributed by atoms with Crippen molar-refractivity contribution in [3.63, 3.8) is 0 Å². The number of nitrogens with one attached hydrogen (secondary N) is 1. The highest BCUT2D eigenvalue weighted by atomic mass is 35.5. The summed E-state index contributed by atoms with van der Waals surface area (Å²) in [6.45, 7) is 5.05. The lowest BCUT2D eigenvalue weighted by Gasteiger charge is -2.37. The third kappa shape index (κ3) is 2.30. The highest BCUT2D eigenvalue weighted by Gasteiger charge is 2.21. The van der Waals surface area contributed by atoms with Crippen LogP contribution in [0.4, 0.5) is 10.1 Å². The summed E-state index contributed by atoms with van der Waals surface area (Å²) in [5.74, 6) is -0.353. The lowest BCUT2D eigenvalue weighted by Crippen LogP contribution is -2.51. The predicted molar refractivity (Wildman–Crippen MR) is 65.7 cm³/mol. The number of hydrogen-bond donors (Lipinski definition) is 1. The van der Waals surface area contributed by atoms with E-state index in [2.05, 4.69) is 17.1 Å². The van der Waals surface area contributed by atoms with Crippen molar-refractivity contribution in [1.82, 2.24) is 5.32 Å². The first-order valence-electron chi connectivity index (χ1n) is 5.64. The Balaban J connectivity index is 2.23. The molecule has 1 fully saturated rings. The summed E-state index contributed by atoms with van der Waals surface area (Å²) >= 11 is 5.81. The molecule has 1 aliphatic rings. The minimum absolute atomic E-state index is 0.200. The van der Waals surface area contributed by atoms with E-state index in [9.17, 15) is 4.39 Å². The number of benzene rings is 1. The second-order valence-electron chi connectivity index (χ2n) is 4.06. The lowest BCUT2D eigenvalue weighted by atomic mass is 10.1. The Morgan fingerprint density at radius 1 is 1.56 bits per heavy atom. The molecule has 4 heteroatoms. The van der Waals surface area contributed by atoms with Crippen LogP contribution in [0.1, 0.15) is 13.3 Å². The monoisotopic (exact) mass is 242 g/mol. The van der Waals surface area contributed by atoms with E-state index >= 15 is 0 Å². The van der Waals surface area contributed by atoms with Gasteiger partial charge in [-0.3, -0.25) is 0 Å². The molecular formula is C12H16ClFN2. The molecule has 0 radical (unpaired) electrons. The Bertz CT molecular complexity index is 370. The van der Waals surface area contributed by atoms with Crippen molar-refractivity contribution in [2.75, 3.05) is 24.5 Å². The third-order valence-electron chi connectivity index (χ3n) is 3.06.